The van der Waals surface area contributed by atoms with Crippen LogP contribution in [-0.2, 0) is 4.74 Å². The third-order valence-corrected chi connectivity index (χ3v) is 4.46. The topological polar surface area (TPSA) is 38.2 Å². The van der Waals surface area contributed by atoms with Crippen LogP contribution in [0.1, 0.15) is 32.1 Å². The summed E-state index contributed by atoms with van der Waals surface area (Å²) in [6.07, 6.45) is 9.24. The molecule has 19 heavy (non-hydrogen) atoms. The summed E-state index contributed by atoms with van der Waals surface area (Å²) in [5, 5.41) is 7.99. The van der Waals surface area contributed by atoms with Crippen molar-refractivity contribution in [2.24, 2.45) is 11.8 Å². The molecule has 0 atom stereocenters. The highest BCUT2D eigenvalue weighted by atomic mass is 16.5. The number of nitrogens with zero attached hydrogens (tertiary/aromatic N) is 3. The second-order valence-electron chi connectivity index (χ2n) is 5.74. The Bertz CT molecular complexity index is 370. The average molecular weight is 260 g/mol. The first-order valence-corrected chi connectivity index (χ1v) is 7.44. The molecule has 2 fully saturated rings. The van der Waals surface area contributed by atoms with Gasteiger partial charge in [-0.2, -0.15) is 0 Å². The largest absolute Gasteiger partial charge is 0.381 e. The van der Waals surface area contributed by atoms with Crippen molar-refractivity contribution in [2.75, 3.05) is 31.2 Å². The van der Waals surface area contributed by atoms with Crippen LogP contribution in [0.4, 0.5) is 5.82 Å². The van der Waals surface area contributed by atoms with E-state index in [2.05, 4.69) is 21.3 Å². The lowest BCUT2D eigenvalue weighted by Gasteiger charge is -2.34. The van der Waals surface area contributed by atoms with Gasteiger partial charge in [-0.25, -0.2) is 0 Å². The Hall–Kier alpha value is -1.16. The molecular weight excluding hydrogens is 238 g/mol. The zero-order valence-corrected chi connectivity index (χ0v) is 11.4. The van der Waals surface area contributed by atoms with E-state index in [9.17, 15) is 0 Å². The van der Waals surface area contributed by atoms with Crippen LogP contribution in [0.3, 0.4) is 0 Å². The summed E-state index contributed by atoms with van der Waals surface area (Å²) in [5.41, 5.74) is 0. The Balaban J connectivity index is 1.46. The number of rotatable bonds is 3. The van der Waals surface area contributed by atoms with Crippen molar-refractivity contribution in [3.63, 3.8) is 0 Å². The van der Waals surface area contributed by atoms with E-state index in [-0.39, 0.29) is 0 Å². The molecule has 4 nitrogen and oxygen atoms in total. The fraction of sp³-hybridized carbons (Fsp3) is 0.733. The Morgan fingerprint density at radius 2 is 1.89 bits per heavy atom. The van der Waals surface area contributed by atoms with Crippen molar-refractivity contribution >= 4 is 5.82 Å². The van der Waals surface area contributed by atoms with E-state index >= 15 is 0 Å². The Kier molecular flexibility index (Phi) is 4.28. The lowest BCUT2D eigenvalue weighted by molar-refractivity contribution is 0.0571. The summed E-state index contributed by atoms with van der Waals surface area (Å²) >= 11 is 0. The summed E-state index contributed by atoms with van der Waals surface area (Å²) < 4.78 is 5.44. The maximum atomic E-state index is 5.44. The van der Waals surface area contributed by atoms with Gasteiger partial charge in [0.05, 0.1) is 0 Å². The predicted molar refractivity (Wildman–Crippen MR) is 74.0 cm³/mol. The van der Waals surface area contributed by atoms with Crippen LogP contribution in [0.15, 0.2) is 12.1 Å². The summed E-state index contributed by atoms with van der Waals surface area (Å²) in [6.45, 7) is 4.18. The summed E-state index contributed by atoms with van der Waals surface area (Å²) in [5.74, 6) is 2.79. The van der Waals surface area contributed by atoms with E-state index in [1.165, 1.54) is 32.1 Å². The normalized spacial score (nSPS) is 22.6. The fourth-order valence-corrected chi connectivity index (χ4v) is 3.28. The second-order valence-corrected chi connectivity index (χ2v) is 5.74. The number of piperidine rings is 1. The van der Waals surface area contributed by atoms with Crippen molar-refractivity contribution in [3.8, 4) is 0 Å². The van der Waals surface area contributed by atoms with Crippen molar-refractivity contribution in [1.29, 1.82) is 0 Å². The summed E-state index contributed by atoms with van der Waals surface area (Å²) in [4.78, 5) is 2.35. The predicted octanol–water partition coefficient (Wildman–Crippen LogP) is 2.31. The standard InChI is InChI=1S/C15H22N3O/c1-2-15(17-16-7-1)18-8-3-13(4-9-18)12-14-5-10-19-11-6-14/h1-2,13-14H,3-6,8-12H2. The zero-order valence-electron chi connectivity index (χ0n) is 11.4. The van der Waals surface area contributed by atoms with E-state index in [1.807, 2.05) is 12.1 Å². The van der Waals surface area contributed by atoms with Gasteiger partial charge in [0.25, 0.3) is 0 Å². The number of aromatic nitrogens is 2. The van der Waals surface area contributed by atoms with Crippen LogP contribution < -0.4 is 4.90 Å². The molecule has 3 heterocycles. The second kappa shape index (κ2) is 6.33. The van der Waals surface area contributed by atoms with E-state index in [0.29, 0.717) is 0 Å². The van der Waals surface area contributed by atoms with Crippen LogP contribution >= 0.6 is 0 Å². The number of hydrogen-bond donors (Lipinski definition) is 0. The minimum absolute atomic E-state index is 0.891. The molecule has 1 aromatic heterocycles. The zero-order chi connectivity index (χ0) is 12.9. The average Bonchev–Trinajstić information content (AvgIpc) is 2.50. The minimum Gasteiger partial charge on any atom is -0.381 e. The molecule has 2 saturated heterocycles. The molecular formula is C15H22N3O. The first-order chi connectivity index (χ1) is 9.42. The highest BCUT2D eigenvalue weighted by molar-refractivity contribution is 5.36. The van der Waals surface area contributed by atoms with Gasteiger partial charge in [0, 0.05) is 26.3 Å². The van der Waals surface area contributed by atoms with E-state index in [0.717, 1.165) is 44.0 Å². The molecule has 0 unspecified atom stereocenters. The van der Waals surface area contributed by atoms with Gasteiger partial charge in [-0.3, -0.25) is 0 Å². The lowest BCUT2D eigenvalue weighted by Crippen LogP contribution is -2.35. The fourth-order valence-electron chi connectivity index (χ4n) is 3.28. The molecule has 0 aliphatic carbocycles. The molecule has 4 heteroatoms. The van der Waals surface area contributed by atoms with Crippen LogP contribution in [0, 0.1) is 18.0 Å². The number of anilines is 1. The number of hydrogen-bond acceptors (Lipinski definition) is 4. The van der Waals surface area contributed by atoms with Crippen LogP contribution in [0.5, 0.6) is 0 Å². The van der Waals surface area contributed by atoms with Crippen LogP contribution in [0.2, 0.25) is 0 Å². The molecule has 1 aromatic rings. The van der Waals surface area contributed by atoms with Gasteiger partial charge in [0.1, 0.15) is 6.20 Å². The molecule has 0 saturated carbocycles. The van der Waals surface area contributed by atoms with Crippen molar-refractivity contribution < 1.29 is 4.74 Å². The third kappa shape index (κ3) is 3.44. The van der Waals surface area contributed by atoms with Crippen LogP contribution in [0.25, 0.3) is 0 Å². The molecule has 0 spiro atoms. The lowest BCUT2D eigenvalue weighted by atomic mass is 9.84. The van der Waals surface area contributed by atoms with E-state index < -0.39 is 0 Å². The molecule has 0 amide bonds. The van der Waals surface area contributed by atoms with Gasteiger partial charge in [0.15, 0.2) is 5.82 Å². The Labute approximate surface area is 115 Å². The van der Waals surface area contributed by atoms with E-state index in [1.54, 1.807) is 0 Å². The van der Waals surface area contributed by atoms with Gasteiger partial charge in [0.2, 0.25) is 0 Å². The van der Waals surface area contributed by atoms with Gasteiger partial charge >= 0.3 is 0 Å². The SMILES string of the molecule is [c]1ccc(N2CCC(CC3CCOCC3)CC2)nn1. The third-order valence-electron chi connectivity index (χ3n) is 4.46. The minimum atomic E-state index is 0.891. The molecule has 1 radical (unpaired) electrons. The highest BCUT2D eigenvalue weighted by Gasteiger charge is 2.24. The highest BCUT2D eigenvalue weighted by Crippen LogP contribution is 2.30. The smallest absolute Gasteiger partial charge is 0.151 e. The summed E-state index contributed by atoms with van der Waals surface area (Å²) in [6, 6.07) is 3.85. The van der Waals surface area contributed by atoms with Crippen molar-refractivity contribution in [3.05, 3.63) is 18.3 Å². The quantitative estimate of drug-likeness (QED) is 0.836. The first kappa shape index (κ1) is 12.9. The first-order valence-electron chi connectivity index (χ1n) is 7.44. The maximum absolute atomic E-state index is 5.44. The van der Waals surface area contributed by atoms with Crippen molar-refractivity contribution in [1.82, 2.24) is 10.2 Å². The molecule has 0 aromatic carbocycles. The maximum Gasteiger partial charge on any atom is 0.151 e. The van der Waals surface area contributed by atoms with Crippen LogP contribution in [-0.4, -0.2) is 36.5 Å². The molecule has 3 rings (SSSR count). The summed E-state index contributed by atoms with van der Waals surface area (Å²) in [7, 11) is 0. The van der Waals surface area contributed by atoms with Crippen molar-refractivity contribution in [2.45, 2.75) is 32.1 Å². The molecule has 103 valence electrons. The molecule has 2 aliphatic heterocycles. The molecule has 0 N–H and O–H groups in total. The number of ether oxygens (including phenoxy) is 1. The van der Waals surface area contributed by atoms with Gasteiger partial charge in [-0.1, -0.05) is 0 Å². The molecule has 2 aliphatic rings. The molecule has 0 bridgehead atoms. The Morgan fingerprint density at radius 1 is 1.16 bits per heavy atom. The van der Waals surface area contributed by atoms with E-state index in [4.69, 9.17) is 4.74 Å². The van der Waals surface area contributed by atoms with Gasteiger partial charge in [-0.15, -0.1) is 10.2 Å². The van der Waals surface area contributed by atoms with Gasteiger partial charge in [-0.05, 0) is 56.1 Å². The van der Waals surface area contributed by atoms with Gasteiger partial charge < -0.3 is 9.64 Å². The monoisotopic (exact) mass is 260 g/mol. The Morgan fingerprint density at radius 3 is 2.58 bits per heavy atom.